The Labute approximate surface area is 164 Å². The van der Waals surface area contributed by atoms with Crippen molar-refractivity contribution in [3.05, 3.63) is 48.0 Å². The second kappa shape index (κ2) is 6.81. The van der Waals surface area contributed by atoms with Crippen LogP contribution >= 0.6 is 0 Å². The lowest BCUT2D eigenvalue weighted by atomic mass is 9.87. The third kappa shape index (κ3) is 3.13. The normalized spacial score (nSPS) is 22.0. The van der Waals surface area contributed by atoms with Gasteiger partial charge in [-0.15, -0.1) is 0 Å². The Bertz CT molecular complexity index is 1130. The Kier molecular flexibility index (Phi) is 4.57. The molecule has 2 unspecified atom stereocenters. The number of carbonyl (C=O) groups excluding carboxylic acids is 1. The van der Waals surface area contributed by atoms with Gasteiger partial charge in [0.25, 0.3) is 5.91 Å². The molecule has 3 aromatic rings. The zero-order chi connectivity index (χ0) is 20.1. The predicted molar refractivity (Wildman–Crippen MR) is 109 cm³/mol. The van der Waals surface area contributed by atoms with Crippen molar-refractivity contribution >= 4 is 26.6 Å². The number of primary amides is 1. The van der Waals surface area contributed by atoms with Gasteiger partial charge in [0.1, 0.15) is 0 Å². The average Bonchev–Trinajstić information content (AvgIpc) is 3.30. The van der Waals surface area contributed by atoms with E-state index in [2.05, 4.69) is 4.98 Å². The summed E-state index contributed by atoms with van der Waals surface area (Å²) in [6, 6.07) is 5.62. The molecule has 4 rings (SSSR count). The van der Waals surface area contributed by atoms with E-state index in [4.69, 9.17) is 10.2 Å². The summed E-state index contributed by atoms with van der Waals surface area (Å²) >= 11 is 0. The number of nitrogens with one attached hydrogen (secondary N) is 1. The van der Waals surface area contributed by atoms with E-state index in [1.165, 1.54) is 0 Å². The van der Waals surface area contributed by atoms with E-state index < -0.39 is 15.7 Å². The van der Waals surface area contributed by atoms with Crippen molar-refractivity contribution in [2.45, 2.75) is 37.9 Å². The average molecular weight is 401 g/mol. The maximum atomic E-state index is 12.5. The number of benzene rings is 1. The Morgan fingerprint density at radius 2 is 2.07 bits per heavy atom. The first-order valence-electron chi connectivity index (χ1n) is 9.47. The van der Waals surface area contributed by atoms with Crippen molar-refractivity contribution in [3.8, 4) is 11.1 Å². The van der Waals surface area contributed by atoms with Crippen molar-refractivity contribution in [2.24, 2.45) is 11.7 Å². The molecule has 2 aromatic heterocycles. The quantitative estimate of drug-likeness (QED) is 0.694. The highest BCUT2D eigenvalue weighted by atomic mass is 32.2. The minimum atomic E-state index is -3.06. The molecule has 0 saturated carbocycles. The van der Waals surface area contributed by atoms with Gasteiger partial charge in [0.15, 0.2) is 9.84 Å². The van der Waals surface area contributed by atoms with Crippen molar-refractivity contribution in [2.75, 3.05) is 5.75 Å². The van der Waals surface area contributed by atoms with Crippen molar-refractivity contribution in [1.29, 1.82) is 0 Å². The van der Waals surface area contributed by atoms with E-state index in [1.54, 1.807) is 18.6 Å². The smallest absolute Gasteiger partial charge is 0.250 e. The van der Waals surface area contributed by atoms with E-state index in [0.717, 1.165) is 22.1 Å². The van der Waals surface area contributed by atoms with E-state index in [-0.39, 0.29) is 22.8 Å². The number of H-pyrrole nitrogens is 1. The molecule has 3 N–H and O–H groups in total. The van der Waals surface area contributed by atoms with Crippen molar-refractivity contribution in [3.63, 3.8) is 0 Å². The van der Waals surface area contributed by atoms with Gasteiger partial charge in [-0.1, -0.05) is 13.8 Å². The molecule has 6 nitrogen and oxygen atoms in total. The molecule has 1 aliphatic rings. The Balaban J connectivity index is 1.83. The third-order valence-electron chi connectivity index (χ3n) is 5.85. The van der Waals surface area contributed by atoms with Crippen LogP contribution in [0.4, 0.5) is 0 Å². The number of sulfone groups is 1. The number of nitrogens with two attached hydrogens (primary N) is 1. The highest BCUT2D eigenvalue weighted by molar-refractivity contribution is 7.92. The van der Waals surface area contributed by atoms with E-state index >= 15 is 0 Å². The summed E-state index contributed by atoms with van der Waals surface area (Å²) in [5.74, 6) is -0.127. The molecule has 0 bridgehead atoms. The third-order valence-corrected chi connectivity index (χ3v) is 8.32. The van der Waals surface area contributed by atoms with Crippen molar-refractivity contribution in [1.82, 2.24) is 4.98 Å². The zero-order valence-corrected chi connectivity index (χ0v) is 16.8. The van der Waals surface area contributed by atoms with Gasteiger partial charge in [-0.2, -0.15) is 0 Å². The van der Waals surface area contributed by atoms with Crippen molar-refractivity contribution < 1.29 is 17.6 Å². The highest BCUT2D eigenvalue weighted by Crippen LogP contribution is 2.40. The molecule has 7 heteroatoms. The molecule has 3 heterocycles. The van der Waals surface area contributed by atoms with Gasteiger partial charge in [-0.25, -0.2) is 8.42 Å². The van der Waals surface area contributed by atoms with Gasteiger partial charge < -0.3 is 15.1 Å². The Hall–Kier alpha value is -2.54. The minimum Gasteiger partial charge on any atom is -0.472 e. The van der Waals surface area contributed by atoms with Crippen LogP contribution in [-0.4, -0.2) is 30.3 Å². The summed E-state index contributed by atoms with van der Waals surface area (Å²) in [6.07, 6.45) is 6.28. The Morgan fingerprint density at radius 1 is 1.29 bits per heavy atom. The fraction of sp³-hybridized carbons (Fsp3) is 0.381. The molecule has 1 aromatic carbocycles. The summed E-state index contributed by atoms with van der Waals surface area (Å²) in [7, 11) is -3.06. The summed E-state index contributed by atoms with van der Waals surface area (Å²) in [6.45, 7) is 3.92. The molecule has 1 amide bonds. The highest BCUT2D eigenvalue weighted by Gasteiger charge is 2.37. The standard InChI is InChI=1S/C21H24N2O4S/c1-12(2)19-9-13(4-6-28(19,25)26)18-10-23-20-16(18)7-15(8-17(20)21(22)24)14-3-5-27-11-14/h3,5,7-8,10-13,19,23H,4,6,9H2,1-2H3,(H2,22,24). The zero-order valence-electron chi connectivity index (χ0n) is 15.9. The number of amides is 1. The van der Waals surface area contributed by atoms with E-state index in [1.807, 2.05) is 32.2 Å². The SMILES string of the molecule is CC(C)C1CC(c2c[nH]c3c(C(N)=O)cc(-c4ccoc4)cc23)CCS1(=O)=O. The summed E-state index contributed by atoms with van der Waals surface area (Å²) in [5.41, 5.74) is 9.50. The van der Waals surface area contributed by atoms with Crippen LogP contribution in [0, 0.1) is 5.92 Å². The van der Waals surface area contributed by atoms with Crippen LogP contribution in [0.3, 0.4) is 0 Å². The van der Waals surface area contributed by atoms with Gasteiger partial charge >= 0.3 is 0 Å². The summed E-state index contributed by atoms with van der Waals surface area (Å²) in [4.78, 5) is 15.2. The van der Waals surface area contributed by atoms with Crippen LogP contribution < -0.4 is 5.73 Å². The first-order chi connectivity index (χ1) is 13.3. The molecule has 2 atom stereocenters. The molecule has 28 heavy (non-hydrogen) atoms. The van der Waals surface area contributed by atoms with Crippen LogP contribution in [0.5, 0.6) is 0 Å². The second-order valence-electron chi connectivity index (χ2n) is 7.94. The molecule has 148 valence electrons. The molecule has 0 aliphatic carbocycles. The topological polar surface area (TPSA) is 106 Å². The first kappa shape index (κ1) is 18.8. The van der Waals surface area contributed by atoms with Gasteiger partial charge in [-0.05, 0) is 54.0 Å². The van der Waals surface area contributed by atoms with Crippen LogP contribution in [0.25, 0.3) is 22.0 Å². The molecule has 1 saturated heterocycles. The maximum absolute atomic E-state index is 12.5. The van der Waals surface area contributed by atoms with Crippen LogP contribution in [-0.2, 0) is 9.84 Å². The number of aromatic amines is 1. The predicted octanol–water partition coefficient (Wildman–Crippen LogP) is 3.84. The molecule has 1 aliphatic heterocycles. The van der Waals surface area contributed by atoms with E-state index in [0.29, 0.717) is 23.9 Å². The van der Waals surface area contributed by atoms with Crippen LogP contribution in [0.2, 0.25) is 0 Å². The minimum absolute atomic E-state index is 0.0701. The lowest BCUT2D eigenvalue weighted by molar-refractivity contribution is 0.100. The molecular weight excluding hydrogens is 376 g/mol. The first-order valence-corrected chi connectivity index (χ1v) is 11.2. The van der Waals surface area contributed by atoms with Gasteiger partial charge in [0, 0.05) is 17.1 Å². The number of aromatic nitrogens is 1. The molecule has 0 spiro atoms. The number of rotatable bonds is 4. The lowest BCUT2D eigenvalue weighted by Crippen LogP contribution is -2.35. The number of carbonyl (C=O) groups is 1. The van der Waals surface area contributed by atoms with Crippen LogP contribution in [0.1, 0.15) is 48.5 Å². The largest absolute Gasteiger partial charge is 0.472 e. The van der Waals surface area contributed by atoms with Gasteiger partial charge in [0.2, 0.25) is 0 Å². The number of hydrogen-bond donors (Lipinski definition) is 2. The number of furan rings is 1. The van der Waals surface area contributed by atoms with E-state index in [9.17, 15) is 13.2 Å². The fourth-order valence-electron chi connectivity index (χ4n) is 4.35. The summed E-state index contributed by atoms with van der Waals surface area (Å²) < 4.78 is 30.1. The fourth-order valence-corrected chi connectivity index (χ4v) is 6.62. The lowest BCUT2D eigenvalue weighted by Gasteiger charge is -2.31. The van der Waals surface area contributed by atoms with Gasteiger partial charge in [-0.3, -0.25) is 4.79 Å². The molecule has 1 fully saturated rings. The Morgan fingerprint density at radius 3 is 2.71 bits per heavy atom. The van der Waals surface area contributed by atoms with Gasteiger partial charge in [0.05, 0.1) is 34.6 Å². The number of hydrogen-bond acceptors (Lipinski definition) is 4. The maximum Gasteiger partial charge on any atom is 0.250 e. The summed E-state index contributed by atoms with van der Waals surface area (Å²) in [5, 5.41) is 0.572. The molecular formula is C21H24N2O4S. The second-order valence-corrected chi connectivity index (χ2v) is 10.3. The monoisotopic (exact) mass is 400 g/mol. The van der Waals surface area contributed by atoms with Crippen LogP contribution in [0.15, 0.2) is 41.3 Å². The number of fused-ring (bicyclic) bond motifs is 1. The molecule has 0 radical (unpaired) electrons.